The van der Waals surface area contributed by atoms with E-state index in [2.05, 4.69) is 6.57 Å². The fraction of sp³-hybridized carbons (Fsp3) is 0. The Kier molecular flexibility index (Phi) is 181. The molecule has 0 saturated carbocycles. The van der Waals surface area contributed by atoms with Crippen LogP contribution in [0.1, 0.15) is 0 Å². The summed E-state index contributed by atoms with van der Waals surface area (Å²) in [5, 5.41) is 6.50. The number of hydrogen-bond acceptors (Lipinski definition) is 1. The molecule has 0 bridgehead atoms. The van der Waals surface area contributed by atoms with Crippen LogP contribution in [0.15, 0.2) is 0 Å². The van der Waals surface area contributed by atoms with Gasteiger partial charge >= 0.3 is 51.4 Å². The van der Waals surface area contributed by atoms with E-state index in [1.165, 1.54) is 0 Å². The zero-order valence-corrected chi connectivity index (χ0v) is 6.16. The van der Waals surface area contributed by atoms with Gasteiger partial charge in [0.1, 0.15) is 0 Å². The topological polar surface area (TPSA) is 23.8 Å². The Hall–Kier alpha value is 2.27. The molecule has 0 saturated heterocycles. The van der Waals surface area contributed by atoms with Crippen LogP contribution in [0.4, 0.5) is 0 Å². The molecule has 0 aromatic rings. The molecule has 0 radical (unpaired) electrons. The van der Waals surface area contributed by atoms with E-state index in [4.69, 9.17) is 5.26 Å². The van der Waals surface area contributed by atoms with Gasteiger partial charge in [-0.2, -0.15) is 0 Å². The average Bonchev–Trinajstić information content (AvgIpc) is 1.00. The predicted octanol–water partition coefficient (Wildman–Crippen LogP) is -0.514. The van der Waals surface area contributed by atoms with Crippen LogP contribution in [0.25, 0.3) is 0 Å². The summed E-state index contributed by atoms with van der Waals surface area (Å²) in [6, 6.07) is 0. The van der Waals surface area contributed by atoms with Gasteiger partial charge < -0.3 is 0 Å². The van der Waals surface area contributed by atoms with Gasteiger partial charge in [0.15, 0.2) is 0 Å². The maximum absolute atomic E-state index is 6.50. The molecule has 0 rings (SSSR count). The first kappa shape index (κ1) is 26.7. The molecule has 1 nitrogen and oxygen atoms in total. The quantitative estimate of drug-likeness (QED) is 0.470. The van der Waals surface area contributed by atoms with Gasteiger partial charge in [-0.15, -0.1) is 0 Å². The SMILES string of the molecule is C#N.[Fe].[KH].[Zn]. The maximum Gasteiger partial charge on any atom is 0 e. The summed E-state index contributed by atoms with van der Waals surface area (Å²) in [5.74, 6) is 0. The van der Waals surface area contributed by atoms with Crippen molar-refractivity contribution >= 4 is 51.4 Å². The Morgan fingerprint density at radius 1 is 1.20 bits per heavy atom. The van der Waals surface area contributed by atoms with Crippen LogP contribution in [-0.2, 0) is 36.5 Å². The van der Waals surface area contributed by atoms with Gasteiger partial charge in [0.2, 0.25) is 0 Å². The third-order valence-corrected chi connectivity index (χ3v) is 0. The minimum Gasteiger partial charge on any atom is 0 e. The molecule has 4 heteroatoms. The van der Waals surface area contributed by atoms with Crippen molar-refractivity contribution < 1.29 is 36.5 Å². The summed E-state index contributed by atoms with van der Waals surface area (Å²) < 4.78 is 0. The van der Waals surface area contributed by atoms with E-state index >= 15 is 0 Å². The molecule has 0 aliphatic rings. The standard InChI is InChI=1S/CHN.Fe.K.Zn.H/c1-2;;;;/h1H;;;;. The Labute approximate surface area is 97.5 Å². The molecular formula is CH2FeKNZn. The van der Waals surface area contributed by atoms with Gasteiger partial charge in [-0.3, -0.25) is 0 Å². The van der Waals surface area contributed by atoms with E-state index in [1.54, 1.807) is 0 Å². The number of nitriles is 1. The zero-order chi connectivity index (χ0) is 2.00. The second-order valence-corrected chi connectivity index (χ2v) is 0. The Morgan fingerprint density at radius 3 is 1.20 bits per heavy atom. The van der Waals surface area contributed by atoms with Crippen molar-refractivity contribution in [2.45, 2.75) is 0 Å². The molecule has 0 aliphatic heterocycles. The molecular weight excluding hydrogens is 186 g/mol. The monoisotopic (exact) mass is 187 g/mol. The van der Waals surface area contributed by atoms with Crippen molar-refractivity contribution in [1.82, 2.24) is 0 Å². The molecule has 0 aromatic heterocycles. The van der Waals surface area contributed by atoms with Crippen LogP contribution in [0.3, 0.4) is 0 Å². The van der Waals surface area contributed by atoms with Gasteiger partial charge in [-0.25, -0.2) is 5.26 Å². The summed E-state index contributed by atoms with van der Waals surface area (Å²) in [7, 11) is 0. The Bertz CT molecular complexity index is 16.4. The molecule has 0 aliphatic carbocycles. The fourth-order valence-corrected chi connectivity index (χ4v) is 0. The van der Waals surface area contributed by atoms with Crippen molar-refractivity contribution in [1.29, 1.82) is 5.26 Å². The molecule has 5 heavy (non-hydrogen) atoms. The van der Waals surface area contributed by atoms with Crippen LogP contribution < -0.4 is 0 Å². The van der Waals surface area contributed by atoms with Crippen LogP contribution in [0.2, 0.25) is 0 Å². The van der Waals surface area contributed by atoms with Crippen molar-refractivity contribution in [3.63, 3.8) is 0 Å². The first-order valence-corrected chi connectivity index (χ1v) is 0.258. The molecule has 0 spiro atoms. The van der Waals surface area contributed by atoms with Crippen LogP contribution >= 0.6 is 0 Å². The summed E-state index contributed by atoms with van der Waals surface area (Å²) >= 11 is 0. The largest absolute Gasteiger partial charge is 0 e. The van der Waals surface area contributed by atoms with Crippen molar-refractivity contribution in [2.24, 2.45) is 0 Å². The van der Waals surface area contributed by atoms with Crippen molar-refractivity contribution in [3.05, 3.63) is 0 Å². The summed E-state index contributed by atoms with van der Waals surface area (Å²) in [6.45, 7) is 3.50. The van der Waals surface area contributed by atoms with E-state index in [9.17, 15) is 0 Å². The van der Waals surface area contributed by atoms with Crippen molar-refractivity contribution in [2.75, 3.05) is 0 Å². The minimum absolute atomic E-state index is 0. The molecule has 0 fully saturated rings. The van der Waals surface area contributed by atoms with Gasteiger partial charge in [-0.05, 0) is 0 Å². The van der Waals surface area contributed by atoms with Gasteiger partial charge in [0.05, 0.1) is 0 Å². The molecule has 22 valence electrons. The zero-order valence-electron chi connectivity index (χ0n) is 2.09. The molecule has 0 amide bonds. The first-order chi connectivity index (χ1) is 1.00. The van der Waals surface area contributed by atoms with Crippen LogP contribution in [0, 0.1) is 11.8 Å². The van der Waals surface area contributed by atoms with E-state index in [-0.39, 0.29) is 87.9 Å². The molecule has 0 unspecified atom stereocenters. The third kappa shape index (κ3) is 22.2. The van der Waals surface area contributed by atoms with Gasteiger partial charge in [0, 0.05) is 43.1 Å². The molecule has 0 atom stereocenters. The third-order valence-electron chi connectivity index (χ3n) is 0. The normalized spacial score (nSPS) is 0.400. The molecule has 0 heterocycles. The number of rotatable bonds is 0. The molecule has 0 N–H and O–H groups in total. The van der Waals surface area contributed by atoms with E-state index < -0.39 is 0 Å². The van der Waals surface area contributed by atoms with Gasteiger partial charge in [-0.1, -0.05) is 0 Å². The summed E-state index contributed by atoms with van der Waals surface area (Å²) in [5.41, 5.74) is 0. The first-order valence-electron chi connectivity index (χ1n) is 0.258. The smallest absolute Gasteiger partial charge is 0 e. The second-order valence-electron chi connectivity index (χ2n) is 0. The van der Waals surface area contributed by atoms with Crippen LogP contribution in [0.5, 0.6) is 0 Å². The Morgan fingerprint density at radius 2 is 1.20 bits per heavy atom. The fourth-order valence-electron chi connectivity index (χ4n) is 0. The van der Waals surface area contributed by atoms with E-state index in [1.807, 2.05) is 0 Å². The van der Waals surface area contributed by atoms with Gasteiger partial charge in [0.25, 0.3) is 0 Å². The predicted molar refractivity (Wildman–Crippen MR) is 13.8 cm³/mol. The number of nitrogens with zero attached hydrogens (tertiary/aromatic N) is 1. The number of hydrogen-bond donors (Lipinski definition) is 0. The molecule has 0 aromatic carbocycles. The van der Waals surface area contributed by atoms with Crippen molar-refractivity contribution in [3.8, 4) is 6.57 Å². The average molecular weight is 188 g/mol. The second kappa shape index (κ2) is 33.8. The minimum atomic E-state index is 0. The van der Waals surface area contributed by atoms with Crippen LogP contribution in [-0.4, -0.2) is 51.4 Å². The van der Waals surface area contributed by atoms with E-state index in [0.717, 1.165) is 0 Å². The van der Waals surface area contributed by atoms with E-state index in [0.29, 0.717) is 0 Å². The Balaban J connectivity index is -0.00000000167. The maximum atomic E-state index is 6.50. The summed E-state index contributed by atoms with van der Waals surface area (Å²) in [4.78, 5) is 0. The summed E-state index contributed by atoms with van der Waals surface area (Å²) in [6.07, 6.45) is 0.